The fraction of sp³-hybridized carbons (Fsp3) is 0.353. The zero-order chi connectivity index (χ0) is 17.3. The van der Waals surface area contributed by atoms with Crippen LogP contribution in [0.3, 0.4) is 0 Å². The topological polar surface area (TPSA) is 72.4 Å². The number of oxazole rings is 1. The van der Waals surface area contributed by atoms with Gasteiger partial charge in [0.15, 0.2) is 0 Å². The summed E-state index contributed by atoms with van der Waals surface area (Å²) in [5.41, 5.74) is 1.91. The Morgan fingerprint density at radius 3 is 2.79 bits per heavy atom. The summed E-state index contributed by atoms with van der Waals surface area (Å²) < 4.78 is 20.1. The van der Waals surface area contributed by atoms with E-state index in [0.717, 1.165) is 5.69 Å². The molecule has 3 rings (SSSR count). The molecule has 0 fully saturated rings. The number of fused-ring (bicyclic) bond motifs is 1. The molecule has 0 aromatic carbocycles. The van der Waals surface area contributed by atoms with E-state index in [1.165, 1.54) is 12.3 Å². The highest BCUT2D eigenvalue weighted by Crippen LogP contribution is 2.20. The van der Waals surface area contributed by atoms with Gasteiger partial charge >= 0.3 is 0 Å². The van der Waals surface area contributed by atoms with Crippen molar-refractivity contribution in [1.29, 1.82) is 0 Å². The van der Waals surface area contributed by atoms with Crippen LogP contribution < -0.4 is 5.32 Å². The fourth-order valence-corrected chi connectivity index (χ4v) is 2.24. The van der Waals surface area contributed by atoms with Crippen LogP contribution in [-0.2, 0) is 23.2 Å². The first-order valence-electron chi connectivity index (χ1n) is 7.66. The summed E-state index contributed by atoms with van der Waals surface area (Å²) in [5.74, 6) is -0.0887. The van der Waals surface area contributed by atoms with Crippen LogP contribution in [0, 0.1) is 5.82 Å². The molecule has 0 bridgehead atoms. The highest BCUT2D eigenvalue weighted by Gasteiger charge is 2.18. The third-order valence-corrected chi connectivity index (χ3v) is 3.56. The van der Waals surface area contributed by atoms with Gasteiger partial charge in [0, 0.05) is 17.8 Å². The van der Waals surface area contributed by atoms with Gasteiger partial charge in [-0.3, -0.25) is 4.79 Å². The number of halogens is 1. The monoisotopic (exact) mass is 330 g/mol. The van der Waals surface area contributed by atoms with E-state index in [4.69, 9.17) is 4.42 Å². The molecule has 6 nitrogen and oxygen atoms in total. The number of imidazole rings is 1. The van der Waals surface area contributed by atoms with Crippen LogP contribution in [0.1, 0.15) is 38.0 Å². The van der Waals surface area contributed by atoms with Gasteiger partial charge in [-0.15, -0.1) is 0 Å². The average Bonchev–Trinajstić information content (AvgIpc) is 3.10. The molecule has 0 aliphatic carbocycles. The number of hydrogen-bond donors (Lipinski definition) is 1. The van der Waals surface area contributed by atoms with Crippen molar-refractivity contribution in [1.82, 2.24) is 19.7 Å². The first-order chi connectivity index (χ1) is 11.3. The molecule has 0 atom stereocenters. The number of hydrogen-bond acceptors (Lipinski definition) is 4. The van der Waals surface area contributed by atoms with Crippen molar-refractivity contribution in [3.63, 3.8) is 0 Å². The van der Waals surface area contributed by atoms with Crippen molar-refractivity contribution >= 4 is 11.6 Å². The molecule has 0 aliphatic rings. The minimum Gasteiger partial charge on any atom is -0.447 e. The van der Waals surface area contributed by atoms with Gasteiger partial charge < -0.3 is 14.1 Å². The Bertz CT molecular complexity index is 876. The lowest BCUT2D eigenvalue weighted by atomic mass is 9.93. The number of nitrogens with one attached hydrogen (secondary N) is 1. The first kappa shape index (κ1) is 16.2. The van der Waals surface area contributed by atoms with Crippen LogP contribution >= 0.6 is 0 Å². The van der Waals surface area contributed by atoms with Crippen LogP contribution in [0.5, 0.6) is 0 Å². The minimum absolute atomic E-state index is 0.0996. The molecule has 3 aromatic rings. The van der Waals surface area contributed by atoms with E-state index in [1.54, 1.807) is 22.9 Å². The summed E-state index contributed by atoms with van der Waals surface area (Å²) in [6, 6.07) is 2.90. The normalized spacial score (nSPS) is 11.8. The van der Waals surface area contributed by atoms with Crippen molar-refractivity contribution in [2.24, 2.45) is 0 Å². The number of carbonyl (C=O) groups is 1. The molecule has 0 unspecified atom stereocenters. The van der Waals surface area contributed by atoms with Gasteiger partial charge in [0.05, 0.1) is 24.4 Å². The van der Waals surface area contributed by atoms with Gasteiger partial charge in [0.25, 0.3) is 0 Å². The van der Waals surface area contributed by atoms with Crippen molar-refractivity contribution in [3.8, 4) is 0 Å². The van der Waals surface area contributed by atoms with E-state index in [1.807, 2.05) is 20.8 Å². The largest absolute Gasteiger partial charge is 0.447 e. The van der Waals surface area contributed by atoms with E-state index >= 15 is 0 Å². The molecule has 0 saturated heterocycles. The molecule has 1 N–H and O–H groups in total. The second kappa shape index (κ2) is 6.07. The predicted octanol–water partition coefficient (Wildman–Crippen LogP) is 2.62. The van der Waals surface area contributed by atoms with Gasteiger partial charge in [-0.2, -0.15) is 0 Å². The number of amides is 1. The Labute approximate surface area is 138 Å². The van der Waals surface area contributed by atoms with Crippen molar-refractivity contribution in [2.75, 3.05) is 0 Å². The molecule has 0 aliphatic heterocycles. The van der Waals surface area contributed by atoms with Gasteiger partial charge in [-0.1, -0.05) is 20.8 Å². The molecule has 0 saturated carbocycles. The third kappa shape index (κ3) is 3.61. The summed E-state index contributed by atoms with van der Waals surface area (Å²) in [6.45, 7) is 6.34. The van der Waals surface area contributed by atoms with Crippen molar-refractivity contribution in [2.45, 2.75) is 39.2 Å². The Morgan fingerprint density at radius 1 is 1.29 bits per heavy atom. The standard InChI is InChI=1S/C17H19FN4O2/c1-17(2,3)13-10-24-16(21-13)7-19-15(23)6-12-9-22-8-11(18)4-5-14(22)20-12/h4-5,8-10H,6-7H2,1-3H3,(H,19,23). The summed E-state index contributed by atoms with van der Waals surface area (Å²) in [6.07, 6.45) is 4.68. The zero-order valence-corrected chi connectivity index (χ0v) is 13.8. The lowest BCUT2D eigenvalue weighted by Gasteiger charge is -2.12. The number of aromatic nitrogens is 3. The molecule has 126 valence electrons. The Balaban J connectivity index is 1.59. The summed E-state index contributed by atoms with van der Waals surface area (Å²) in [5, 5.41) is 2.75. The quantitative estimate of drug-likeness (QED) is 0.798. The number of rotatable bonds is 4. The fourth-order valence-electron chi connectivity index (χ4n) is 2.24. The molecule has 1 amide bonds. The maximum atomic E-state index is 13.2. The molecule has 0 radical (unpaired) electrons. The average molecular weight is 330 g/mol. The van der Waals surface area contributed by atoms with Crippen molar-refractivity contribution in [3.05, 3.63) is 53.9 Å². The summed E-state index contributed by atoms with van der Waals surface area (Å²) in [7, 11) is 0. The van der Waals surface area contributed by atoms with Crippen LogP contribution in [0.2, 0.25) is 0 Å². The van der Waals surface area contributed by atoms with Crippen molar-refractivity contribution < 1.29 is 13.6 Å². The van der Waals surface area contributed by atoms with E-state index in [9.17, 15) is 9.18 Å². The molecule has 7 heteroatoms. The van der Waals surface area contributed by atoms with E-state index in [2.05, 4.69) is 15.3 Å². The second-order valence-electron chi connectivity index (χ2n) is 6.68. The molecule has 24 heavy (non-hydrogen) atoms. The van der Waals surface area contributed by atoms with Gasteiger partial charge in [0.1, 0.15) is 17.7 Å². The Hall–Kier alpha value is -2.70. The summed E-state index contributed by atoms with van der Waals surface area (Å²) in [4.78, 5) is 20.7. The van der Waals surface area contributed by atoms with Crippen LogP contribution in [-0.4, -0.2) is 20.3 Å². The lowest BCUT2D eigenvalue weighted by Crippen LogP contribution is -2.25. The third-order valence-electron chi connectivity index (χ3n) is 3.56. The smallest absolute Gasteiger partial charge is 0.226 e. The van der Waals surface area contributed by atoms with Crippen LogP contribution in [0.4, 0.5) is 4.39 Å². The maximum absolute atomic E-state index is 13.2. The SMILES string of the molecule is CC(C)(C)c1coc(CNC(=O)Cc2cn3cc(F)ccc3n2)n1. The van der Waals surface area contributed by atoms with Crippen LogP contribution in [0.25, 0.3) is 5.65 Å². The van der Waals surface area contributed by atoms with Gasteiger partial charge in [0.2, 0.25) is 11.8 Å². The maximum Gasteiger partial charge on any atom is 0.226 e. The number of pyridine rings is 1. The number of nitrogens with zero attached hydrogens (tertiary/aromatic N) is 3. The summed E-state index contributed by atoms with van der Waals surface area (Å²) >= 11 is 0. The molecular weight excluding hydrogens is 311 g/mol. The van der Waals surface area contributed by atoms with E-state index in [-0.39, 0.29) is 30.1 Å². The zero-order valence-electron chi connectivity index (χ0n) is 13.8. The molecule has 3 aromatic heterocycles. The van der Waals surface area contributed by atoms with E-state index < -0.39 is 0 Å². The molecule has 3 heterocycles. The molecule has 0 spiro atoms. The minimum atomic E-state index is -0.352. The highest BCUT2D eigenvalue weighted by molar-refractivity contribution is 5.78. The highest BCUT2D eigenvalue weighted by atomic mass is 19.1. The van der Waals surface area contributed by atoms with Crippen LogP contribution in [0.15, 0.2) is 35.2 Å². The Kier molecular flexibility index (Phi) is 4.09. The first-order valence-corrected chi connectivity index (χ1v) is 7.66. The van der Waals surface area contributed by atoms with Gasteiger partial charge in [-0.05, 0) is 12.1 Å². The number of carbonyl (C=O) groups excluding carboxylic acids is 1. The predicted molar refractivity (Wildman–Crippen MR) is 85.9 cm³/mol. The van der Waals surface area contributed by atoms with Gasteiger partial charge in [-0.25, -0.2) is 14.4 Å². The second-order valence-corrected chi connectivity index (χ2v) is 6.68. The Morgan fingerprint density at radius 2 is 2.08 bits per heavy atom. The lowest BCUT2D eigenvalue weighted by molar-refractivity contribution is -0.120. The molecular formula is C17H19FN4O2. The van der Waals surface area contributed by atoms with E-state index in [0.29, 0.717) is 17.2 Å².